The van der Waals surface area contributed by atoms with Gasteiger partial charge in [-0.05, 0) is 64.0 Å². The average molecular weight is 435 g/mol. The van der Waals surface area contributed by atoms with E-state index in [9.17, 15) is 0 Å². The van der Waals surface area contributed by atoms with Crippen LogP contribution in [0.1, 0.15) is 32.3 Å². The molecular formula is C21H25N9O2. The fourth-order valence-corrected chi connectivity index (χ4v) is 3.06. The van der Waals surface area contributed by atoms with E-state index in [4.69, 9.17) is 9.47 Å². The highest BCUT2D eigenvalue weighted by atomic mass is 16.5. The van der Waals surface area contributed by atoms with E-state index in [-0.39, 0.29) is 6.01 Å². The van der Waals surface area contributed by atoms with E-state index in [1.54, 1.807) is 4.68 Å². The molecule has 0 aliphatic carbocycles. The third kappa shape index (κ3) is 4.99. The lowest BCUT2D eigenvalue weighted by Gasteiger charge is -2.13. The first-order valence-corrected chi connectivity index (χ1v) is 10.6. The van der Waals surface area contributed by atoms with Gasteiger partial charge in [0, 0.05) is 13.1 Å². The molecule has 32 heavy (non-hydrogen) atoms. The number of hydrogen-bond acceptors (Lipinski definition) is 9. The number of hydrogen-bond donors (Lipinski definition) is 1. The second-order valence-electron chi connectivity index (χ2n) is 6.96. The predicted molar refractivity (Wildman–Crippen MR) is 117 cm³/mol. The van der Waals surface area contributed by atoms with Gasteiger partial charge in [-0.25, -0.2) is 4.68 Å². The van der Waals surface area contributed by atoms with Crippen molar-refractivity contribution in [3.05, 3.63) is 54.1 Å². The Hall–Kier alpha value is -4.02. The van der Waals surface area contributed by atoms with Gasteiger partial charge >= 0.3 is 6.01 Å². The number of para-hydroxylation sites is 1. The summed E-state index contributed by atoms with van der Waals surface area (Å²) >= 11 is 0. The predicted octanol–water partition coefficient (Wildman–Crippen LogP) is 3.25. The minimum atomic E-state index is 0.248. The maximum atomic E-state index is 6.00. The molecule has 0 aliphatic rings. The standard InChI is InChI=1S/C21H25N9O2/c1-3-5-13-29-20(23-25-27-29)22-15-16-11-12-18(19(14-16)31-4-2)32-21-24-26-28-30(21)17-9-7-6-8-10-17/h6-12,14H,3-5,13,15H2,1-2H3,(H,22,23,27). The second kappa shape index (κ2) is 10.3. The van der Waals surface area contributed by atoms with Crippen molar-refractivity contribution in [3.63, 3.8) is 0 Å². The number of anilines is 1. The van der Waals surface area contributed by atoms with Crippen molar-refractivity contribution < 1.29 is 9.47 Å². The highest BCUT2D eigenvalue weighted by Crippen LogP contribution is 2.32. The van der Waals surface area contributed by atoms with Crippen LogP contribution in [0.5, 0.6) is 17.5 Å². The fourth-order valence-electron chi connectivity index (χ4n) is 3.06. The molecular weight excluding hydrogens is 410 g/mol. The molecule has 4 aromatic rings. The number of nitrogens with one attached hydrogen (secondary N) is 1. The monoisotopic (exact) mass is 435 g/mol. The van der Waals surface area contributed by atoms with Gasteiger partial charge in [0.25, 0.3) is 0 Å². The molecule has 1 N–H and O–H groups in total. The molecule has 0 fully saturated rings. The quantitative estimate of drug-likeness (QED) is 0.379. The summed E-state index contributed by atoms with van der Waals surface area (Å²) in [6, 6.07) is 15.5. The zero-order chi connectivity index (χ0) is 22.2. The van der Waals surface area contributed by atoms with Gasteiger partial charge in [-0.3, -0.25) is 0 Å². The molecule has 4 rings (SSSR count). The number of rotatable bonds is 11. The molecule has 166 valence electrons. The van der Waals surface area contributed by atoms with Crippen molar-refractivity contribution in [2.24, 2.45) is 0 Å². The number of unbranched alkanes of at least 4 members (excludes halogenated alkanes) is 1. The van der Waals surface area contributed by atoms with Crippen molar-refractivity contribution in [1.29, 1.82) is 0 Å². The fraction of sp³-hybridized carbons (Fsp3) is 0.333. The summed E-state index contributed by atoms with van der Waals surface area (Å²) in [6.45, 7) is 5.86. The lowest BCUT2D eigenvalue weighted by atomic mass is 10.2. The SMILES string of the molecule is CCCCn1nnnc1NCc1ccc(Oc2nnnn2-c2ccccc2)c(OCC)c1. The summed E-state index contributed by atoms with van der Waals surface area (Å²) in [5, 5.41) is 26.9. The Balaban J connectivity index is 1.50. The number of benzene rings is 2. The lowest BCUT2D eigenvalue weighted by Crippen LogP contribution is -2.09. The molecule has 0 saturated carbocycles. The van der Waals surface area contributed by atoms with E-state index in [1.807, 2.05) is 55.5 Å². The van der Waals surface area contributed by atoms with Gasteiger partial charge in [0.05, 0.1) is 12.3 Å². The normalized spacial score (nSPS) is 10.8. The molecule has 0 unspecified atom stereocenters. The van der Waals surface area contributed by atoms with Crippen LogP contribution >= 0.6 is 0 Å². The van der Waals surface area contributed by atoms with Gasteiger partial charge in [-0.2, -0.15) is 4.68 Å². The van der Waals surface area contributed by atoms with Gasteiger partial charge < -0.3 is 14.8 Å². The molecule has 11 heteroatoms. The number of nitrogens with zero attached hydrogens (tertiary/aromatic N) is 8. The Bertz CT molecular complexity index is 1130. The molecule has 2 aromatic carbocycles. The summed E-state index contributed by atoms with van der Waals surface area (Å²) < 4.78 is 15.1. The first kappa shape index (κ1) is 21.2. The van der Waals surface area contributed by atoms with E-state index >= 15 is 0 Å². The molecule has 0 spiro atoms. The minimum Gasteiger partial charge on any atom is -0.490 e. The van der Waals surface area contributed by atoms with Crippen LogP contribution in [-0.4, -0.2) is 47.0 Å². The Kier molecular flexibility index (Phi) is 6.85. The molecule has 2 heterocycles. The van der Waals surface area contributed by atoms with Gasteiger partial charge in [0.15, 0.2) is 11.5 Å². The van der Waals surface area contributed by atoms with E-state index in [0.29, 0.717) is 30.6 Å². The largest absolute Gasteiger partial charge is 0.490 e. The average Bonchev–Trinajstić information content (AvgIpc) is 3.48. The molecule has 2 aromatic heterocycles. The second-order valence-corrected chi connectivity index (χ2v) is 6.96. The van der Waals surface area contributed by atoms with Crippen molar-refractivity contribution >= 4 is 5.95 Å². The molecule has 0 amide bonds. The van der Waals surface area contributed by atoms with Crippen LogP contribution in [0.2, 0.25) is 0 Å². The molecule has 0 bridgehead atoms. The zero-order valence-electron chi connectivity index (χ0n) is 18.0. The van der Waals surface area contributed by atoms with E-state index in [2.05, 4.69) is 43.3 Å². The summed E-state index contributed by atoms with van der Waals surface area (Å²) in [5.74, 6) is 1.76. The van der Waals surface area contributed by atoms with Crippen LogP contribution in [0, 0.1) is 0 Å². The Morgan fingerprint density at radius 1 is 0.938 bits per heavy atom. The van der Waals surface area contributed by atoms with Gasteiger partial charge in [0.2, 0.25) is 5.95 Å². The Morgan fingerprint density at radius 2 is 1.78 bits per heavy atom. The summed E-state index contributed by atoms with van der Waals surface area (Å²) in [7, 11) is 0. The number of aromatic nitrogens is 8. The first-order valence-electron chi connectivity index (χ1n) is 10.6. The highest BCUT2D eigenvalue weighted by Gasteiger charge is 2.15. The lowest BCUT2D eigenvalue weighted by molar-refractivity contribution is 0.315. The van der Waals surface area contributed by atoms with Crippen LogP contribution in [0.15, 0.2) is 48.5 Å². The summed E-state index contributed by atoms with van der Waals surface area (Å²) in [4.78, 5) is 0. The summed E-state index contributed by atoms with van der Waals surface area (Å²) in [5.41, 5.74) is 1.79. The maximum Gasteiger partial charge on any atom is 0.346 e. The zero-order valence-corrected chi connectivity index (χ0v) is 18.0. The van der Waals surface area contributed by atoms with Crippen molar-refractivity contribution in [2.75, 3.05) is 11.9 Å². The van der Waals surface area contributed by atoms with Crippen LogP contribution < -0.4 is 14.8 Å². The van der Waals surface area contributed by atoms with Crippen LogP contribution in [0.4, 0.5) is 5.95 Å². The first-order chi connectivity index (χ1) is 15.8. The summed E-state index contributed by atoms with van der Waals surface area (Å²) in [6.07, 6.45) is 2.09. The van der Waals surface area contributed by atoms with Gasteiger partial charge in [-0.1, -0.05) is 47.8 Å². The molecule has 0 atom stereocenters. The van der Waals surface area contributed by atoms with E-state index < -0.39 is 0 Å². The van der Waals surface area contributed by atoms with E-state index in [1.165, 1.54) is 4.68 Å². The van der Waals surface area contributed by atoms with Gasteiger partial charge in [0.1, 0.15) is 0 Å². The Labute approximate surface area is 185 Å². The number of aryl methyl sites for hydroxylation is 1. The third-order valence-electron chi connectivity index (χ3n) is 4.66. The Morgan fingerprint density at radius 3 is 2.59 bits per heavy atom. The topological polar surface area (TPSA) is 118 Å². The number of tetrazole rings is 2. The van der Waals surface area contributed by atoms with Crippen molar-refractivity contribution in [2.45, 2.75) is 39.8 Å². The number of ether oxygens (including phenoxy) is 2. The van der Waals surface area contributed by atoms with Gasteiger partial charge in [-0.15, -0.1) is 0 Å². The molecule has 0 aliphatic heterocycles. The van der Waals surface area contributed by atoms with Crippen molar-refractivity contribution in [3.8, 4) is 23.2 Å². The van der Waals surface area contributed by atoms with Crippen LogP contribution in [0.3, 0.4) is 0 Å². The molecule has 0 saturated heterocycles. The third-order valence-corrected chi connectivity index (χ3v) is 4.66. The molecule has 11 nitrogen and oxygen atoms in total. The molecule has 0 radical (unpaired) electrons. The van der Waals surface area contributed by atoms with Crippen LogP contribution in [-0.2, 0) is 13.1 Å². The minimum absolute atomic E-state index is 0.248. The maximum absolute atomic E-state index is 6.00. The van der Waals surface area contributed by atoms with Crippen molar-refractivity contribution in [1.82, 2.24) is 40.4 Å². The smallest absolute Gasteiger partial charge is 0.346 e. The van der Waals surface area contributed by atoms with E-state index in [0.717, 1.165) is 30.6 Å². The van der Waals surface area contributed by atoms with Crippen LogP contribution in [0.25, 0.3) is 5.69 Å². The highest BCUT2D eigenvalue weighted by molar-refractivity contribution is 5.45.